The molecule has 1 amide bonds. The Balaban J connectivity index is 1.48. The van der Waals surface area contributed by atoms with Crippen LogP contribution in [0.1, 0.15) is 24.0 Å². The third kappa shape index (κ3) is 5.53. The first-order valence-corrected chi connectivity index (χ1v) is 9.14. The van der Waals surface area contributed by atoms with E-state index >= 15 is 0 Å². The molecule has 1 heterocycles. The van der Waals surface area contributed by atoms with Gasteiger partial charge in [-0.15, -0.1) is 0 Å². The SMILES string of the molecule is COc1ccc(COCc2cccc(NC(=O)[C@@H]3CC[C@H](CN)O3)c2)cc1. The summed E-state index contributed by atoms with van der Waals surface area (Å²) < 4.78 is 16.6. The molecule has 1 aliphatic heterocycles. The van der Waals surface area contributed by atoms with Crippen LogP contribution in [0.3, 0.4) is 0 Å². The molecule has 2 aromatic carbocycles. The highest BCUT2D eigenvalue weighted by molar-refractivity contribution is 5.94. The molecule has 0 spiro atoms. The van der Waals surface area contributed by atoms with E-state index in [0.717, 1.165) is 29.0 Å². The van der Waals surface area contributed by atoms with Crippen molar-refractivity contribution in [2.75, 3.05) is 19.0 Å². The first-order chi connectivity index (χ1) is 13.2. The number of benzene rings is 2. The van der Waals surface area contributed by atoms with Gasteiger partial charge in [-0.2, -0.15) is 0 Å². The van der Waals surface area contributed by atoms with Gasteiger partial charge in [0, 0.05) is 12.2 Å². The van der Waals surface area contributed by atoms with E-state index in [1.807, 2.05) is 48.5 Å². The highest BCUT2D eigenvalue weighted by Gasteiger charge is 2.29. The van der Waals surface area contributed by atoms with Gasteiger partial charge < -0.3 is 25.3 Å². The Bertz CT molecular complexity index is 748. The van der Waals surface area contributed by atoms with Crippen LogP contribution in [0.25, 0.3) is 0 Å². The molecule has 27 heavy (non-hydrogen) atoms. The van der Waals surface area contributed by atoms with Crippen molar-refractivity contribution in [1.29, 1.82) is 0 Å². The molecule has 3 N–H and O–H groups in total. The fourth-order valence-corrected chi connectivity index (χ4v) is 3.04. The molecular weight excluding hydrogens is 344 g/mol. The summed E-state index contributed by atoms with van der Waals surface area (Å²) in [5.41, 5.74) is 8.41. The molecule has 0 saturated carbocycles. The zero-order chi connectivity index (χ0) is 19.1. The summed E-state index contributed by atoms with van der Waals surface area (Å²) >= 11 is 0. The number of amides is 1. The van der Waals surface area contributed by atoms with Gasteiger partial charge in [0.2, 0.25) is 0 Å². The predicted molar refractivity (Wildman–Crippen MR) is 104 cm³/mol. The third-order valence-corrected chi connectivity index (χ3v) is 4.55. The van der Waals surface area contributed by atoms with Crippen LogP contribution in [0.5, 0.6) is 5.75 Å². The Morgan fingerprint density at radius 2 is 1.93 bits per heavy atom. The summed E-state index contributed by atoms with van der Waals surface area (Å²) in [4.78, 5) is 12.3. The summed E-state index contributed by atoms with van der Waals surface area (Å²) in [5.74, 6) is 0.702. The Labute approximate surface area is 159 Å². The van der Waals surface area contributed by atoms with Crippen molar-refractivity contribution in [3.05, 3.63) is 59.7 Å². The molecule has 0 aromatic heterocycles. The molecule has 6 heteroatoms. The van der Waals surface area contributed by atoms with Crippen molar-refractivity contribution in [2.24, 2.45) is 5.73 Å². The third-order valence-electron chi connectivity index (χ3n) is 4.55. The fraction of sp³-hybridized carbons (Fsp3) is 0.381. The number of hydrogen-bond acceptors (Lipinski definition) is 5. The van der Waals surface area contributed by atoms with Crippen molar-refractivity contribution in [3.63, 3.8) is 0 Å². The van der Waals surface area contributed by atoms with Crippen molar-refractivity contribution in [3.8, 4) is 5.75 Å². The number of ether oxygens (including phenoxy) is 3. The first-order valence-electron chi connectivity index (χ1n) is 9.14. The summed E-state index contributed by atoms with van der Waals surface area (Å²) in [7, 11) is 1.65. The lowest BCUT2D eigenvalue weighted by molar-refractivity contribution is -0.126. The molecule has 0 bridgehead atoms. The van der Waals surface area contributed by atoms with E-state index < -0.39 is 6.10 Å². The van der Waals surface area contributed by atoms with E-state index in [4.69, 9.17) is 19.9 Å². The molecule has 2 atom stereocenters. The van der Waals surface area contributed by atoms with Gasteiger partial charge in [-0.05, 0) is 48.2 Å². The minimum atomic E-state index is -0.423. The first kappa shape index (κ1) is 19.4. The Hall–Kier alpha value is -2.41. The van der Waals surface area contributed by atoms with Crippen LogP contribution in [0, 0.1) is 0 Å². The number of rotatable bonds is 8. The summed E-state index contributed by atoms with van der Waals surface area (Å²) in [6.45, 7) is 1.42. The van der Waals surface area contributed by atoms with Crippen molar-refractivity contribution < 1.29 is 19.0 Å². The lowest BCUT2D eigenvalue weighted by Crippen LogP contribution is -2.29. The Kier molecular flexibility index (Phi) is 6.81. The monoisotopic (exact) mass is 370 g/mol. The van der Waals surface area contributed by atoms with Crippen molar-refractivity contribution >= 4 is 11.6 Å². The second kappa shape index (κ2) is 9.50. The standard InChI is InChI=1S/C21H26N2O4/c1-25-18-7-5-15(6-8-18)13-26-14-16-3-2-4-17(11-16)23-21(24)20-10-9-19(12-22)27-20/h2-8,11,19-20H,9-10,12-14,22H2,1H3,(H,23,24)/t19-,20+/m1/s1. The van der Waals surface area contributed by atoms with E-state index in [9.17, 15) is 4.79 Å². The smallest absolute Gasteiger partial charge is 0.253 e. The number of anilines is 1. The van der Waals surface area contributed by atoms with Crippen molar-refractivity contribution in [1.82, 2.24) is 0 Å². The van der Waals surface area contributed by atoms with Gasteiger partial charge in [-0.1, -0.05) is 24.3 Å². The number of nitrogens with two attached hydrogens (primary N) is 1. The molecule has 0 unspecified atom stereocenters. The maximum Gasteiger partial charge on any atom is 0.253 e. The average molecular weight is 370 g/mol. The molecule has 0 radical (unpaired) electrons. The largest absolute Gasteiger partial charge is 0.497 e. The normalized spacial score (nSPS) is 19.0. The average Bonchev–Trinajstić information content (AvgIpc) is 3.18. The molecule has 0 aliphatic carbocycles. The van der Waals surface area contributed by atoms with E-state index in [2.05, 4.69) is 5.32 Å². The van der Waals surface area contributed by atoms with E-state index in [1.54, 1.807) is 7.11 Å². The number of methoxy groups -OCH3 is 1. The van der Waals surface area contributed by atoms with Gasteiger partial charge in [0.25, 0.3) is 5.91 Å². The number of hydrogen-bond donors (Lipinski definition) is 2. The van der Waals surface area contributed by atoms with Crippen LogP contribution in [0.4, 0.5) is 5.69 Å². The lowest BCUT2D eigenvalue weighted by Gasteiger charge is -2.13. The van der Waals surface area contributed by atoms with E-state index in [0.29, 0.717) is 26.2 Å². The van der Waals surface area contributed by atoms with E-state index in [1.165, 1.54) is 0 Å². The van der Waals surface area contributed by atoms with Crippen LogP contribution in [0.15, 0.2) is 48.5 Å². The zero-order valence-electron chi connectivity index (χ0n) is 15.5. The highest BCUT2D eigenvalue weighted by atomic mass is 16.5. The van der Waals surface area contributed by atoms with Crippen molar-refractivity contribution in [2.45, 2.75) is 38.3 Å². The predicted octanol–water partition coefficient (Wildman–Crippen LogP) is 2.86. The second-order valence-corrected chi connectivity index (χ2v) is 6.59. The minimum absolute atomic E-state index is 0.0153. The van der Waals surface area contributed by atoms with Gasteiger partial charge in [0.1, 0.15) is 11.9 Å². The fourth-order valence-electron chi connectivity index (χ4n) is 3.04. The molecule has 6 nitrogen and oxygen atoms in total. The van der Waals surface area contributed by atoms with Gasteiger partial charge in [0.05, 0.1) is 26.4 Å². The lowest BCUT2D eigenvalue weighted by atomic mass is 10.1. The van der Waals surface area contributed by atoms with Gasteiger partial charge in [0.15, 0.2) is 0 Å². The van der Waals surface area contributed by atoms with Crippen LogP contribution < -0.4 is 15.8 Å². The second-order valence-electron chi connectivity index (χ2n) is 6.59. The van der Waals surface area contributed by atoms with Gasteiger partial charge >= 0.3 is 0 Å². The van der Waals surface area contributed by atoms with Gasteiger partial charge in [-0.3, -0.25) is 4.79 Å². The summed E-state index contributed by atoms with van der Waals surface area (Å²) in [6.07, 6.45) is 1.10. The molecule has 144 valence electrons. The molecule has 1 aliphatic rings. The zero-order valence-corrected chi connectivity index (χ0v) is 15.5. The topological polar surface area (TPSA) is 82.8 Å². The quantitative estimate of drug-likeness (QED) is 0.747. The Morgan fingerprint density at radius 1 is 1.15 bits per heavy atom. The summed E-state index contributed by atoms with van der Waals surface area (Å²) in [5, 5.41) is 2.92. The molecular formula is C21H26N2O4. The van der Waals surface area contributed by atoms with E-state index in [-0.39, 0.29) is 12.0 Å². The van der Waals surface area contributed by atoms with Crippen LogP contribution in [-0.2, 0) is 27.5 Å². The Morgan fingerprint density at radius 3 is 2.63 bits per heavy atom. The van der Waals surface area contributed by atoms with Crippen LogP contribution >= 0.6 is 0 Å². The number of carbonyl (C=O) groups is 1. The molecule has 3 rings (SSSR count). The highest BCUT2D eigenvalue weighted by Crippen LogP contribution is 2.21. The van der Waals surface area contributed by atoms with Crippen LogP contribution in [0.2, 0.25) is 0 Å². The summed E-state index contributed by atoms with van der Waals surface area (Å²) in [6, 6.07) is 15.4. The molecule has 2 aromatic rings. The minimum Gasteiger partial charge on any atom is -0.497 e. The molecule has 1 fully saturated rings. The maximum atomic E-state index is 12.3. The number of nitrogens with one attached hydrogen (secondary N) is 1. The number of carbonyl (C=O) groups excluding carboxylic acids is 1. The van der Waals surface area contributed by atoms with Gasteiger partial charge in [-0.25, -0.2) is 0 Å². The molecule has 1 saturated heterocycles. The van der Waals surface area contributed by atoms with Crippen LogP contribution in [-0.4, -0.2) is 31.8 Å². The maximum absolute atomic E-state index is 12.3.